The van der Waals surface area contributed by atoms with E-state index in [9.17, 15) is 9.59 Å². The van der Waals surface area contributed by atoms with Crippen LogP contribution in [0, 0.1) is 5.92 Å². The Bertz CT molecular complexity index is 294. The van der Waals surface area contributed by atoms with Crippen molar-refractivity contribution in [1.29, 1.82) is 0 Å². The highest BCUT2D eigenvalue weighted by molar-refractivity contribution is 8.76. The molecule has 0 heterocycles. The van der Waals surface area contributed by atoms with Gasteiger partial charge in [-0.2, -0.15) is 0 Å². The van der Waals surface area contributed by atoms with Crippen molar-refractivity contribution in [2.75, 3.05) is 18.1 Å². The summed E-state index contributed by atoms with van der Waals surface area (Å²) in [6.45, 7) is 4.85. The fourth-order valence-electron chi connectivity index (χ4n) is 1.15. The first-order valence-corrected chi connectivity index (χ1v) is 8.90. The van der Waals surface area contributed by atoms with Crippen LogP contribution in [0.5, 0.6) is 0 Å². The van der Waals surface area contributed by atoms with Crippen LogP contribution < -0.4 is 5.32 Å². The number of carbonyl (C=O) groups excluding carboxylic acids is 1. The molecule has 0 rings (SSSR count). The highest BCUT2D eigenvalue weighted by Crippen LogP contribution is 2.20. The first kappa shape index (κ1) is 18.4. The molecule has 6 heteroatoms. The summed E-state index contributed by atoms with van der Waals surface area (Å²) in [4.78, 5) is 21.7. The van der Waals surface area contributed by atoms with Gasteiger partial charge in [0.2, 0.25) is 5.91 Å². The number of amides is 1. The molecule has 0 aromatic rings. The van der Waals surface area contributed by atoms with Gasteiger partial charge in [-0.25, -0.2) is 0 Å². The van der Waals surface area contributed by atoms with E-state index < -0.39 is 5.97 Å². The molecule has 0 saturated heterocycles. The molecule has 0 aliphatic rings. The van der Waals surface area contributed by atoms with Crippen molar-refractivity contribution < 1.29 is 14.7 Å². The van der Waals surface area contributed by atoms with Crippen LogP contribution in [0.25, 0.3) is 0 Å². The van der Waals surface area contributed by atoms with Crippen molar-refractivity contribution in [3.63, 3.8) is 0 Å². The number of nitrogens with one attached hydrogen (secondary N) is 1. The fraction of sp³-hybridized carbons (Fsp3) is 0.692. The van der Waals surface area contributed by atoms with Gasteiger partial charge >= 0.3 is 5.97 Å². The Morgan fingerprint density at radius 1 is 1.21 bits per heavy atom. The van der Waals surface area contributed by atoms with Crippen molar-refractivity contribution in [2.45, 2.75) is 33.1 Å². The number of carboxylic acids is 1. The molecule has 0 bridgehead atoms. The number of aliphatic carboxylic acids is 1. The minimum absolute atomic E-state index is 0.0737. The molecule has 0 spiro atoms. The van der Waals surface area contributed by atoms with Gasteiger partial charge < -0.3 is 10.4 Å². The van der Waals surface area contributed by atoms with Gasteiger partial charge in [0, 0.05) is 24.5 Å². The normalized spacial score (nSPS) is 11.1. The molecule has 0 atom stereocenters. The predicted octanol–water partition coefficient (Wildman–Crippen LogP) is 2.95. The zero-order valence-electron chi connectivity index (χ0n) is 11.6. The second-order valence-electron chi connectivity index (χ2n) is 4.35. The highest BCUT2D eigenvalue weighted by atomic mass is 33.1. The lowest BCUT2D eigenvalue weighted by atomic mass is 10.2. The Balaban J connectivity index is 3.32. The van der Waals surface area contributed by atoms with E-state index in [2.05, 4.69) is 25.2 Å². The summed E-state index contributed by atoms with van der Waals surface area (Å²) < 4.78 is 0. The molecule has 0 unspecified atom stereocenters. The van der Waals surface area contributed by atoms with E-state index in [1.54, 1.807) is 10.8 Å². The number of rotatable bonds is 11. The van der Waals surface area contributed by atoms with Crippen molar-refractivity contribution >= 4 is 33.5 Å². The zero-order chi connectivity index (χ0) is 14.5. The third-order valence-electron chi connectivity index (χ3n) is 2.05. The van der Waals surface area contributed by atoms with Crippen molar-refractivity contribution in [3.8, 4) is 0 Å². The molecule has 0 aromatic heterocycles. The Hall–Kier alpha value is -0.620. The molecule has 0 saturated carbocycles. The van der Waals surface area contributed by atoms with Gasteiger partial charge in [-0.1, -0.05) is 47.6 Å². The predicted molar refractivity (Wildman–Crippen MR) is 83.4 cm³/mol. The molecule has 0 aromatic carbocycles. The standard InChI is InChI=1S/C13H23NO3S2/c1-11(2)5-3-4-6-12(15)14-8-10-19-18-9-7-13(16)17/h3,5,11H,4,6-10H2,1-2H3,(H,14,15)(H,16,17)/b5-3+. The zero-order valence-corrected chi connectivity index (χ0v) is 13.2. The van der Waals surface area contributed by atoms with Crippen LogP contribution in [0.1, 0.15) is 33.1 Å². The molecule has 0 radical (unpaired) electrons. The number of hydrogen-bond donors (Lipinski definition) is 2. The van der Waals surface area contributed by atoms with Gasteiger partial charge in [0.15, 0.2) is 0 Å². The molecular formula is C13H23NO3S2. The van der Waals surface area contributed by atoms with Crippen LogP contribution in [0.2, 0.25) is 0 Å². The largest absolute Gasteiger partial charge is 0.481 e. The second kappa shape index (κ2) is 12.4. The third kappa shape index (κ3) is 15.3. The molecule has 0 aliphatic carbocycles. The summed E-state index contributed by atoms with van der Waals surface area (Å²) in [5.41, 5.74) is 0. The maximum atomic E-state index is 11.4. The molecule has 2 N–H and O–H groups in total. The quantitative estimate of drug-likeness (QED) is 0.349. The summed E-state index contributed by atoms with van der Waals surface area (Å²) in [5.74, 6) is 1.24. The molecule has 19 heavy (non-hydrogen) atoms. The average molecular weight is 305 g/mol. The number of carbonyl (C=O) groups is 2. The van der Waals surface area contributed by atoms with Crippen LogP contribution >= 0.6 is 21.6 Å². The topological polar surface area (TPSA) is 66.4 Å². The minimum Gasteiger partial charge on any atom is -0.481 e. The summed E-state index contributed by atoms with van der Waals surface area (Å²) >= 11 is 0. The smallest absolute Gasteiger partial charge is 0.304 e. The van der Waals surface area contributed by atoms with Crippen molar-refractivity contribution in [3.05, 3.63) is 12.2 Å². The van der Waals surface area contributed by atoms with Gasteiger partial charge in [-0.05, 0) is 12.3 Å². The average Bonchev–Trinajstić information content (AvgIpc) is 2.33. The minimum atomic E-state index is -0.768. The molecule has 0 aliphatic heterocycles. The molecule has 110 valence electrons. The van der Waals surface area contributed by atoms with Crippen LogP contribution in [-0.4, -0.2) is 35.0 Å². The first-order chi connectivity index (χ1) is 9.02. The Morgan fingerprint density at radius 2 is 1.89 bits per heavy atom. The fourth-order valence-corrected chi connectivity index (χ4v) is 3.04. The molecular weight excluding hydrogens is 282 g/mol. The monoisotopic (exact) mass is 305 g/mol. The SMILES string of the molecule is CC(C)/C=C/CCC(=O)NCCSSCCC(=O)O. The van der Waals surface area contributed by atoms with E-state index in [-0.39, 0.29) is 12.3 Å². The van der Waals surface area contributed by atoms with E-state index in [0.29, 0.717) is 24.6 Å². The first-order valence-electron chi connectivity index (χ1n) is 6.42. The van der Waals surface area contributed by atoms with E-state index in [0.717, 1.165) is 12.2 Å². The molecule has 0 fully saturated rings. The summed E-state index contributed by atoms with van der Waals surface area (Å²) in [6, 6.07) is 0. The van der Waals surface area contributed by atoms with Crippen molar-refractivity contribution in [1.82, 2.24) is 5.32 Å². The number of allylic oxidation sites excluding steroid dienone is 2. The van der Waals surface area contributed by atoms with Crippen LogP contribution in [0.4, 0.5) is 0 Å². The van der Waals surface area contributed by atoms with E-state index in [1.165, 1.54) is 10.8 Å². The number of carboxylic acid groups (broad SMARTS) is 1. The van der Waals surface area contributed by atoms with Crippen molar-refractivity contribution in [2.24, 2.45) is 5.92 Å². The van der Waals surface area contributed by atoms with E-state index in [1.807, 2.05) is 6.08 Å². The van der Waals surface area contributed by atoms with Gasteiger partial charge in [-0.15, -0.1) is 0 Å². The van der Waals surface area contributed by atoms with Crippen LogP contribution in [0.3, 0.4) is 0 Å². The second-order valence-corrected chi connectivity index (χ2v) is 7.05. The number of hydrogen-bond acceptors (Lipinski definition) is 4. The lowest BCUT2D eigenvalue weighted by Gasteiger charge is -2.03. The summed E-state index contributed by atoms with van der Waals surface area (Å²) in [5, 5.41) is 11.3. The van der Waals surface area contributed by atoms with Gasteiger partial charge in [0.05, 0.1) is 6.42 Å². The Labute approximate surface area is 123 Å². The lowest BCUT2D eigenvalue weighted by molar-refractivity contribution is -0.136. The van der Waals surface area contributed by atoms with Gasteiger partial charge in [-0.3, -0.25) is 9.59 Å². The highest BCUT2D eigenvalue weighted by Gasteiger charge is 2.00. The van der Waals surface area contributed by atoms with Gasteiger partial charge in [0.1, 0.15) is 0 Å². The molecule has 4 nitrogen and oxygen atoms in total. The van der Waals surface area contributed by atoms with Crippen LogP contribution in [0.15, 0.2) is 12.2 Å². The molecule has 1 amide bonds. The summed E-state index contributed by atoms with van der Waals surface area (Å²) in [7, 11) is 3.13. The Morgan fingerprint density at radius 3 is 2.53 bits per heavy atom. The van der Waals surface area contributed by atoms with Crippen LogP contribution in [-0.2, 0) is 9.59 Å². The summed E-state index contributed by atoms with van der Waals surface area (Å²) in [6.07, 6.45) is 5.64. The van der Waals surface area contributed by atoms with E-state index >= 15 is 0 Å². The lowest BCUT2D eigenvalue weighted by Crippen LogP contribution is -2.25. The van der Waals surface area contributed by atoms with E-state index in [4.69, 9.17) is 5.11 Å². The Kier molecular flexibility index (Phi) is 12.0. The van der Waals surface area contributed by atoms with Gasteiger partial charge in [0.25, 0.3) is 0 Å². The third-order valence-corrected chi connectivity index (χ3v) is 4.46. The maximum Gasteiger partial charge on any atom is 0.304 e. The maximum absolute atomic E-state index is 11.4.